The number of nitriles is 1. The molecular weight excluding hydrogens is 292 g/mol. The minimum Gasteiger partial charge on any atom is -0.490 e. The first-order valence-corrected chi connectivity index (χ1v) is 7.96. The molecule has 1 aliphatic rings. The van der Waals surface area contributed by atoms with Crippen LogP contribution in [0.3, 0.4) is 0 Å². The van der Waals surface area contributed by atoms with E-state index < -0.39 is 5.91 Å². The van der Waals surface area contributed by atoms with Gasteiger partial charge in [0.2, 0.25) is 0 Å². The van der Waals surface area contributed by atoms with E-state index in [1.54, 1.807) is 12.1 Å². The average Bonchev–Trinajstić information content (AvgIpc) is 2.54. The molecule has 0 unspecified atom stereocenters. The number of carbonyl (C=O) groups excluding carboxylic acids is 1. The smallest absolute Gasteiger partial charge is 0.267 e. The van der Waals surface area contributed by atoms with Crippen LogP contribution in [0.4, 0.5) is 0 Å². The van der Waals surface area contributed by atoms with Crippen molar-refractivity contribution in [1.82, 2.24) is 9.88 Å². The van der Waals surface area contributed by atoms with Gasteiger partial charge < -0.3 is 15.4 Å². The Kier molecular flexibility index (Phi) is 5.56. The van der Waals surface area contributed by atoms with Crippen molar-refractivity contribution in [3.8, 4) is 11.8 Å². The van der Waals surface area contributed by atoms with Crippen LogP contribution in [0.5, 0.6) is 5.75 Å². The van der Waals surface area contributed by atoms with Gasteiger partial charge in [-0.05, 0) is 45.7 Å². The minimum absolute atomic E-state index is 0.137. The van der Waals surface area contributed by atoms with Gasteiger partial charge in [-0.25, -0.2) is 0 Å². The first-order chi connectivity index (χ1) is 10.9. The summed E-state index contributed by atoms with van der Waals surface area (Å²) >= 11 is 0. The zero-order valence-electron chi connectivity index (χ0n) is 13.8. The highest BCUT2D eigenvalue weighted by Gasteiger charge is 2.23. The van der Waals surface area contributed by atoms with Crippen molar-refractivity contribution in [1.29, 1.82) is 5.26 Å². The third-order valence-electron chi connectivity index (χ3n) is 4.18. The number of ether oxygens (including phenoxy) is 1. The Hall–Kier alpha value is -2.13. The Morgan fingerprint density at radius 1 is 1.52 bits per heavy atom. The fraction of sp³-hybridized carbons (Fsp3) is 0.588. The lowest BCUT2D eigenvalue weighted by atomic mass is 9.91. The van der Waals surface area contributed by atoms with Crippen LogP contribution in [0, 0.1) is 16.7 Å². The van der Waals surface area contributed by atoms with E-state index in [2.05, 4.69) is 16.0 Å². The van der Waals surface area contributed by atoms with Gasteiger partial charge in [0.05, 0.1) is 11.5 Å². The van der Waals surface area contributed by atoms with Gasteiger partial charge in [0.25, 0.3) is 5.91 Å². The average molecular weight is 316 g/mol. The molecule has 6 heteroatoms. The molecule has 0 aliphatic carbocycles. The van der Waals surface area contributed by atoms with Crippen molar-refractivity contribution < 1.29 is 9.53 Å². The highest BCUT2D eigenvalue weighted by Crippen LogP contribution is 2.22. The number of piperidine rings is 1. The molecule has 0 saturated carbocycles. The predicted molar refractivity (Wildman–Crippen MR) is 86.9 cm³/mol. The van der Waals surface area contributed by atoms with Crippen LogP contribution in [0.1, 0.15) is 43.6 Å². The first kappa shape index (κ1) is 17.2. The second kappa shape index (κ2) is 7.42. The number of hydrogen-bond acceptors (Lipinski definition) is 5. The van der Waals surface area contributed by atoms with E-state index in [-0.39, 0.29) is 17.2 Å². The molecule has 6 nitrogen and oxygen atoms in total. The fourth-order valence-corrected chi connectivity index (χ4v) is 2.56. The summed E-state index contributed by atoms with van der Waals surface area (Å²) in [6.45, 7) is 6.81. The fourth-order valence-electron chi connectivity index (χ4n) is 2.56. The maximum Gasteiger partial charge on any atom is 0.267 e. The third kappa shape index (κ3) is 5.22. The van der Waals surface area contributed by atoms with Crippen molar-refractivity contribution in [2.75, 3.05) is 19.6 Å². The molecule has 0 atom stereocenters. The van der Waals surface area contributed by atoms with Crippen LogP contribution in [-0.4, -0.2) is 41.5 Å². The summed E-state index contributed by atoms with van der Waals surface area (Å²) < 4.78 is 5.93. The lowest BCUT2D eigenvalue weighted by Crippen LogP contribution is -2.39. The van der Waals surface area contributed by atoms with Crippen LogP contribution in [0.15, 0.2) is 18.3 Å². The number of pyridine rings is 1. The number of amides is 1. The Morgan fingerprint density at radius 2 is 2.22 bits per heavy atom. The minimum atomic E-state index is -0.551. The highest BCUT2D eigenvalue weighted by molar-refractivity contribution is 5.91. The molecule has 1 aliphatic heterocycles. The number of aromatic nitrogens is 1. The van der Waals surface area contributed by atoms with Crippen LogP contribution in [0.25, 0.3) is 0 Å². The molecule has 2 heterocycles. The Bertz CT molecular complexity index is 587. The summed E-state index contributed by atoms with van der Waals surface area (Å²) in [4.78, 5) is 17.4. The van der Waals surface area contributed by atoms with Crippen LogP contribution >= 0.6 is 0 Å². The summed E-state index contributed by atoms with van der Waals surface area (Å²) in [6.07, 6.45) is 4.41. The molecule has 2 rings (SSSR count). The van der Waals surface area contributed by atoms with Gasteiger partial charge in [0.1, 0.15) is 17.5 Å². The zero-order valence-corrected chi connectivity index (χ0v) is 13.8. The van der Waals surface area contributed by atoms with E-state index >= 15 is 0 Å². The van der Waals surface area contributed by atoms with Crippen LogP contribution < -0.4 is 10.5 Å². The van der Waals surface area contributed by atoms with Crippen molar-refractivity contribution in [3.05, 3.63) is 24.0 Å². The summed E-state index contributed by atoms with van der Waals surface area (Å²) in [7, 11) is 0. The molecule has 1 aromatic rings. The van der Waals surface area contributed by atoms with Gasteiger partial charge in [0.15, 0.2) is 0 Å². The highest BCUT2D eigenvalue weighted by atomic mass is 16.5. The van der Waals surface area contributed by atoms with Crippen LogP contribution in [0.2, 0.25) is 0 Å². The number of primary amides is 1. The molecule has 1 saturated heterocycles. The van der Waals surface area contributed by atoms with Gasteiger partial charge in [-0.1, -0.05) is 0 Å². The molecule has 0 spiro atoms. The third-order valence-corrected chi connectivity index (χ3v) is 4.18. The Morgan fingerprint density at radius 3 is 2.83 bits per heavy atom. The van der Waals surface area contributed by atoms with E-state index in [0.717, 1.165) is 38.9 Å². The number of nitrogens with two attached hydrogens (primary N) is 1. The largest absolute Gasteiger partial charge is 0.490 e. The SMILES string of the molecule is CC(C)(C#N)CCN1CCC(Oc2ccnc(C(N)=O)c2)CC1. The van der Waals surface area contributed by atoms with E-state index in [0.29, 0.717) is 5.75 Å². The predicted octanol–water partition coefficient (Wildman–Crippen LogP) is 1.96. The summed E-state index contributed by atoms with van der Waals surface area (Å²) in [5.41, 5.74) is 5.18. The Balaban J connectivity index is 1.80. The van der Waals surface area contributed by atoms with Gasteiger partial charge in [0, 0.05) is 25.4 Å². The summed E-state index contributed by atoms with van der Waals surface area (Å²) in [5, 5.41) is 9.06. The standard InChI is InChI=1S/C17H24N4O2/c1-17(2,12-18)6-10-21-8-4-13(5-9-21)23-14-3-7-20-15(11-14)16(19)22/h3,7,11,13H,4-6,8-10H2,1-2H3,(H2,19,22). The molecule has 0 bridgehead atoms. The molecule has 1 amide bonds. The zero-order chi connectivity index (χ0) is 16.9. The van der Waals surface area contributed by atoms with Gasteiger partial charge >= 0.3 is 0 Å². The van der Waals surface area contributed by atoms with Crippen molar-refractivity contribution in [2.24, 2.45) is 11.1 Å². The molecule has 1 fully saturated rings. The summed E-state index contributed by atoms with van der Waals surface area (Å²) in [6, 6.07) is 5.67. The van der Waals surface area contributed by atoms with Gasteiger partial charge in [-0.2, -0.15) is 5.26 Å². The molecule has 1 aromatic heterocycles. The quantitative estimate of drug-likeness (QED) is 0.866. The lowest BCUT2D eigenvalue weighted by Gasteiger charge is -2.33. The van der Waals surface area contributed by atoms with Crippen molar-refractivity contribution in [2.45, 2.75) is 39.2 Å². The van der Waals surface area contributed by atoms with E-state index in [1.807, 2.05) is 13.8 Å². The molecule has 0 radical (unpaired) electrons. The first-order valence-electron chi connectivity index (χ1n) is 7.96. The molecule has 0 aromatic carbocycles. The molecular formula is C17H24N4O2. The monoisotopic (exact) mass is 316 g/mol. The normalized spacial score (nSPS) is 16.7. The Labute approximate surface area is 137 Å². The van der Waals surface area contributed by atoms with E-state index in [4.69, 9.17) is 15.7 Å². The molecule has 23 heavy (non-hydrogen) atoms. The second-order valence-electron chi connectivity index (χ2n) is 6.65. The lowest BCUT2D eigenvalue weighted by molar-refractivity contribution is 0.0945. The second-order valence-corrected chi connectivity index (χ2v) is 6.65. The van der Waals surface area contributed by atoms with E-state index in [1.165, 1.54) is 6.20 Å². The number of nitrogens with zero attached hydrogens (tertiary/aromatic N) is 3. The van der Waals surface area contributed by atoms with E-state index in [9.17, 15) is 4.79 Å². The van der Waals surface area contributed by atoms with Crippen molar-refractivity contribution >= 4 is 5.91 Å². The molecule has 2 N–H and O–H groups in total. The summed E-state index contributed by atoms with van der Waals surface area (Å²) in [5.74, 6) is 0.0863. The van der Waals surface area contributed by atoms with Crippen LogP contribution in [-0.2, 0) is 0 Å². The van der Waals surface area contributed by atoms with Crippen molar-refractivity contribution in [3.63, 3.8) is 0 Å². The number of likely N-dealkylation sites (tertiary alicyclic amines) is 1. The number of rotatable bonds is 6. The van der Waals surface area contributed by atoms with Gasteiger partial charge in [-0.15, -0.1) is 0 Å². The topological polar surface area (TPSA) is 92.2 Å². The maximum atomic E-state index is 11.1. The number of hydrogen-bond donors (Lipinski definition) is 1. The molecule has 124 valence electrons. The number of carbonyl (C=O) groups is 1. The van der Waals surface area contributed by atoms with Gasteiger partial charge in [-0.3, -0.25) is 9.78 Å². The maximum absolute atomic E-state index is 11.1.